The van der Waals surface area contributed by atoms with E-state index in [1.54, 1.807) is 11.4 Å². The number of rotatable bonds is 5. The maximum atomic E-state index is 13.6. The molecular formula is C17H11F4NO2S. The molecule has 0 aliphatic carbocycles. The van der Waals surface area contributed by atoms with Crippen LogP contribution in [0, 0.1) is 23.3 Å². The van der Waals surface area contributed by atoms with Gasteiger partial charge >= 0.3 is 0 Å². The lowest BCUT2D eigenvalue weighted by molar-refractivity contribution is 0.259. The van der Waals surface area contributed by atoms with E-state index in [4.69, 9.17) is 9.47 Å². The van der Waals surface area contributed by atoms with Crippen molar-refractivity contribution >= 4 is 11.3 Å². The lowest BCUT2D eigenvalue weighted by atomic mass is 10.2. The van der Waals surface area contributed by atoms with Crippen LogP contribution in [0.3, 0.4) is 0 Å². The molecule has 1 heterocycles. The Kier molecular flexibility index (Phi) is 4.89. The zero-order valence-corrected chi connectivity index (χ0v) is 13.7. The van der Waals surface area contributed by atoms with E-state index in [0.717, 1.165) is 5.56 Å². The number of para-hydroxylation sites is 1. The molecule has 0 N–H and O–H groups in total. The smallest absolute Gasteiger partial charge is 0.203 e. The summed E-state index contributed by atoms with van der Waals surface area (Å²) in [6.07, 6.45) is 0. The van der Waals surface area contributed by atoms with Gasteiger partial charge in [-0.1, -0.05) is 12.1 Å². The van der Waals surface area contributed by atoms with Crippen LogP contribution in [-0.4, -0.2) is 12.1 Å². The predicted octanol–water partition coefficient (Wildman–Crippen LogP) is 4.95. The zero-order valence-electron chi connectivity index (χ0n) is 12.9. The van der Waals surface area contributed by atoms with Crippen molar-refractivity contribution in [2.75, 3.05) is 7.11 Å². The molecular weight excluding hydrogens is 358 g/mol. The normalized spacial score (nSPS) is 10.8. The van der Waals surface area contributed by atoms with Crippen LogP contribution in [0.25, 0.3) is 10.6 Å². The number of hydrogen-bond acceptors (Lipinski definition) is 4. The van der Waals surface area contributed by atoms with Crippen molar-refractivity contribution in [2.45, 2.75) is 6.61 Å². The Morgan fingerprint density at radius 2 is 1.72 bits per heavy atom. The van der Waals surface area contributed by atoms with Gasteiger partial charge in [-0.2, -0.15) is 8.78 Å². The molecule has 0 unspecified atom stereocenters. The monoisotopic (exact) mass is 369 g/mol. The van der Waals surface area contributed by atoms with Gasteiger partial charge < -0.3 is 9.47 Å². The second-order valence-electron chi connectivity index (χ2n) is 4.93. The molecule has 0 atom stereocenters. The molecule has 0 spiro atoms. The Bertz CT molecular complexity index is 887. The van der Waals surface area contributed by atoms with E-state index in [9.17, 15) is 17.6 Å². The molecule has 1 aromatic heterocycles. The Balaban J connectivity index is 1.82. The number of halogens is 4. The van der Waals surface area contributed by atoms with E-state index in [2.05, 4.69) is 4.98 Å². The van der Waals surface area contributed by atoms with Crippen molar-refractivity contribution in [3.8, 4) is 22.1 Å². The van der Waals surface area contributed by atoms with Crippen LogP contribution in [0.4, 0.5) is 17.6 Å². The average Bonchev–Trinajstić information content (AvgIpc) is 3.09. The fourth-order valence-electron chi connectivity index (χ4n) is 2.14. The standard InChI is InChI=1S/C17H11F4NO2S/c1-23-13-5-3-2-4-10(13)17-22-9(8-25-17)7-24-16-14(20)11(18)6-12(19)15(16)21/h2-6,8H,7H2,1H3. The summed E-state index contributed by atoms with van der Waals surface area (Å²) in [6.45, 7) is -0.345. The van der Waals surface area contributed by atoms with Gasteiger partial charge in [-0.15, -0.1) is 11.3 Å². The summed E-state index contributed by atoms with van der Waals surface area (Å²) in [6, 6.07) is 7.33. The molecule has 0 bridgehead atoms. The zero-order chi connectivity index (χ0) is 18.0. The van der Waals surface area contributed by atoms with Crippen LogP contribution in [0.2, 0.25) is 0 Å². The number of ether oxygens (including phenoxy) is 2. The molecule has 3 rings (SSSR count). The van der Waals surface area contributed by atoms with Crippen molar-refractivity contribution in [2.24, 2.45) is 0 Å². The van der Waals surface area contributed by atoms with Crippen LogP contribution < -0.4 is 9.47 Å². The van der Waals surface area contributed by atoms with Gasteiger partial charge in [-0.3, -0.25) is 0 Å². The first-order chi connectivity index (χ1) is 12.0. The van der Waals surface area contributed by atoms with Gasteiger partial charge in [0.2, 0.25) is 11.6 Å². The van der Waals surface area contributed by atoms with Crippen molar-refractivity contribution in [3.05, 3.63) is 64.7 Å². The van der Waals surface area contributed by atoms with Gasteiger partial charge in [-0.25, -0.2) is 13.8 Å². The number of methoxy groups -OCH3 is 1. The van der Waals surface area contributed by atoms with E-state index in [1.165, 1.54) is 18.4 Å². The first-order valence-corrected chi connectivity index (χ1v) is 7.92. The predicted molar refractivity (Wildman–Crippen MR) is 84.7 cm³/mol. The summed E-state index contributed by atoms with van der Waals surface area (Å²) in [5.74, 6) is -6.71. The molecule has 0 aliphatic heterocycles. The summed E-state index contributed by atoms with van der Waals surface area (Å²) >= 11 is 1.28. The number of thiazole rings is 1. The molecule has 0 radical (unpaired) electrons. The first-order valence-electron chi connectivity index (χ1n) is 7.05. The number of nitrogens with zero attached hydrogens (tertiary/aromatic N) is 1. The molecule has 8 heteroatoms. The molecule has 3 aromatic rings. The van der Waals surface area contributed by atoms with Crippen molar-refractivity contribution in [1.29, 1.82) is 0 Å². The minimum Gasteiger partial charge on any atom is -0.496 e. The first kappa shape index (κ1) is 17.2. The van der Waals surface area contributed by atoms with E-state index in [1.807, 2.05) is 18.2 Å². The third-order valence-corrected chi connectivity index (χ3v) is 4.25. The third kappa shape index (κ3) is 3.43. The highest BCUT2D eigenvalue weighted by atomic mass is 32.1. The Hall–Kier alpha value is -2.61. The summed E-state index contributed by atoms with van der Waals surface area (Å²) in [5, 5.41) is 2.23. The fraction of sp³-hybridized carbons (Fsp3) is 0.118. The van der Waals surface area contributed by atoms with Gasteiger partial charge in [0.05, 0.1) is 18.4 Å². The van der Waals surface area contributed by atoms with Crippen molar-refractivity contribution in [1.82, 2.24) is 4.98 Å². The fourth-order valence-corrected chi connectivity index (χ4v) is 2.98. The highest BCUT2D eigenvalue weighted by molar-refractivity contribution is 7.13. The lowest BCUT2D eigenvalue weighted by Crippen LogP contribution is -2.04. The Labute approximate surface area is 144 Å². The maximum Gasteiger partial charge on any atom is 0.203 e. The van der Waals surface area contributed by atoms with E-state index in [0.29, 0.717) is 16.5 Å². The van der Waals surface area contributed by atoms with Gasteiger partial charge in [-0.05, 0) is 12.1 Å². The van der Waals surface area contributed by atoms with E-state index in [-0.39, 0.29) is 12.7 Å². The molecule has 3 nitrogen and oxygen atoms in total. The maximum absolute atomic E-state index is 13.6. The van der Waals surface area contributed by atoms with Gasteiger partial charge in [0.1, 0.15) is 17.4 Å². The highest BCUT2D eigenvalue weighted by Crippen LogP contribution is 2.32. The van der Waals surface area contributed by atoms with Crippen molar-refractivity contribution in [3.63, 3.8) is 0 Å². The summed E-state index contributed by atoms with van der Waals surface area (Å²) in [5.41, 5.74) is 1.10. The van der Waals surface area contributed by atoms with Gasteiger partial charge in [0.25, 0.3) is 0 Å². The minimum atomic E-state index is -1.58. The highest BCUT2D eigenvalue weighted by Gasteiger charge is 2.21. The minimum absolute atomic E-state index is 0.125. The molecule has 0 saturated carbocycles. The number of aromatic nitrogens is 1. The molecule has 0 amide bonds. The van der Waals surface area contributed by atoms with Crippen LogP contribution in [0.1, 0.15) is 5.69 Å². The summed E-state index contributed by atoms with van der Waals surface area (Å²) < 4.78 is 63.6. The molecule has 0 aliphatic rings. The Morgan fingerprint density at radius 1 is 1.04 bits per heavy atom. The quantitative estimate of drug-likeness (QED) is 0.471. The van der Waals surface area contributed by atoms with Crippen LogP contribution >= 0.6 is 11.3 Å². The van der Waals surface area contributed by atoms with Gasteiger partial charge in [0, 0.05) is 11.4 Å². The van der Waals surface area contributed by atoms with E-state index >= 15 is 0 Å². The SMILES string of the molecule is COc1ccccc1-c1nc(COc2c(F)c(F)cc(F)c2F)cs1. The second kappa shape index (κ2) is 7.10. The van der Waals surface area contributed by atoms with Gasteiger partial charge in [0.15, 0.2) is 17.4 Å². The molecule has 130 valence electrons. The number of benzene rings is 2. The molecule has 25 heavy (non-hydrogen) atoms. The summed E-state index contributed by atoms with van der Waals surface area (Å²) in [4.78, 5) is 4.29. The topological polar surface area (TPSA) is 31.4 Å². The van der Waals surface area contributed by atoms with Crippen molar-refractivity contribution < 1.29 is 27.0 Å². The largest absolute Gasteiger partial charge is 0.496 e. The van der Waals surface area contributed by atoms with Crippen LogP contribution in [0.5, 0.6) is 11.5 Å². The van der Waals surface area contributed by atoms with E-state index < -0.39 is 29.0 Å². The molecule has 0 saturated heterocycles. The lowest BCUT2D eigenvalue weighted by Gasteiger charge is -2.08. The number of hydrogen-bond donors (Lipinski definition) is 0. The molecule has 2 aromatic carbocycles. The second-order valence-corrected chi connectivity index (χ2v) is 5.79. The average molecular weight is 369 g/mol. The summed E-state index contributed by atoms with van der Waals surface area (Å²) in [7, 11) is 1.53. The molecule has 0 fully saturated rings. The van der Waals surface area contributed by atoms with Crippen LogP contribution in [0.15, 0.2) is 35.7 Å². The Morgan fingerprint density at radius 3 is 2.40 bits per heavy atom. The van der Waals surface area contributed by atoms with Crippen LogP contribution in [-0.2, 0) is 6.61 Å². The third-order valence-electron chi connectivity index (χ3n) is 3.33.